The molecule has 53 heavy (non-hydrogen) atoms. The van der Waals surface area contributed by atoms with E-state index in [1.54, 1.807) is 47.1 Å². The number of thiocarbonyl (C=S) groups is 1. The Morgan fingerprint density at radius 3 is 2.40 bits per heavy atom. The number of esters is 1. The Morgan fingerprint density at radius 1 is 1.06 bits per heavy atom. The standard InChI is InChI=1S/C41H48N2O8S2/c1-24-9-11-25(12-10-24)17-32(42-39(46)51-41(2,3)4)38(45)49-15-7-8-28-21-34(29-19-30(47-5)22-31(20-29)48-6)50-35(28)23-36-37(44)43(40(52)53-36)33-18-26-13-14-27(33)16-26/h9-12,19-23,26-27,32-33H,7-8,13-18H2,1-6H3,(H,42,46)/b36-23-/t26?,27?,32-,33?/m0/s1. The first-order valence-corrected chi connectivity index (χ1v) is 19.4. The molecule has 6 rings (SSSR count). The lowest BCUT2D eigenvalue weighted by Crippen LogP contribution is -2.45. The minimum Gasteiger partial charge on any atom is -0.497 e. The minimum absolute atomic E-state index is 0.0736. The number of carbonyl (C=O) groups is 3. The van der Waals surface area contributed by atoms with Crippen molar-refractivity contribution in [3.8, 4) is 22.8 Å². The molecule has 2 aliphatic carbocycles. The van der Waals surface area contributed by atoms with Gasteiger partial charge in [-0.2, -0.15) is 0 Å². The predicted octanol–water partition coefficient (Wildman–Crippen LogP) is 8.27. The van der Waals surface area contributed by atoms with Crippen LogP contribution < -0.4 is 14.8 Å². The molecule has 2 aromatic carbocycles. The van der Waals surface area contributed by atoms with Crippen LogP contribution in [0.5, 0.6) is 11.5 Å². The molecule has 2 heterocycles. The van der Waals surface area contributed by atoms with Crippen LogP contribution in [0.25, 0.3) is 17.4 Å². The zero-order chi connectivity index (χ0) is 37.9. The summed E-state index contributed by atoms with van der Waals surface area (Å²) in [6.07, 6.45) is 6.86. The Hall–Kier alpha value is -4.29. The first kappa shape index (κ1) is 38.4. The second-order valence-corrected chi connectivity index (χ2v) is 16.7. The molecule has 1 aliphatic heterocycles. The zero-order valence-corrected chi connectivity index (χ0v) is 32.8. The molecular weight excluding hydrogens is 713 g/mol. The fraction of sp³-hybridized carbons (Fsp3) is 0.463. The number of furan rings is 1. The molecule has 282 valence electrons. The molecule has 2 amide bonds. The van der Waals surface area contributed by atoms with Crippen molar-refractivity contribution in [2.24, 2.45) is 11.8 Å². The summed E-state index contributed by atoms with van der Waals surface area (Å²) in [5.74, 6) is 2.88. The van der Waals surface area contributed by atoms with Gasteiger partial charge in [-0.15, -0.1) is 0 Å². The molecule has 1 aromatic heterocycles. The highest BCUT2D eigenvalue weighted by Crippen LogP contribution is 2.49. The number of methoxy groups -OCH3 is 2. The summed E-state index contributed by atoms with van der Waals surface area (Å²) in [6, 6.07) is 14.4. The highest BCUT2D eigenvalue weighted by Gasteiger charge is 2.48. The molecule has 0 spiro atoms. The van der Waals surface area contributed by atoms with Gasteiger partial charge in [0.2, 0.25) is 0 Å². The summed E-state index contributed by atoms with van der Waals surface area (Å²) in [5.41, 5.74) is 2.83. The molecule has 3 unspecified atom stereocenters. The van der Waals surface area contributed by atoms with Crippen molar-refractivity contribution in [3.63, 3.8) is 0 Å². The van der Waals surface area contributed by atoms with Crippen LogP contribution in [0.3, 0.4) is 0 Å². The maximum absolute atomic E-state index is 13.8. The van der Waals surface area contributed by atoms with Crippen molar-refractivity contribution in [1.29, 1.82) is 0 Å². The number of amides is 2. The molecule has 2 bridgehead atoms. The summed E-state index contributed by atoms with van der Waals surface area (Å²) in [6.45, 7) is 7.38. The molecule has 12 heteroatoms. The van der Waals surface area contributed by atoms with Gasteiger partial charge in [0.15, 0.2) is 0 Å². The number of aryl methyl sites for hydroxylation is 2. The first-order chi connectivity index (χ1) is 25.3. The maximum Gasteiger partial charge on any atom is 0.408 e. The second kappa shape index (κ2) is 16.4. The number of carbonyl (C=O) groups excluding carboxylic acids is 3. The Morgan fingerprint density at radius 2 is 1.77 bits per heavy atom. The van der Waals surface area contributed by atoms with Crippen LogP contribution in [-0.2, 0) is 31.9 Å². The van der Waals surface area contributed by atoms with Gasteiger partial charge in [0.25, 0.3) is 5.91 Å². The average molecular weight is 761 g/mol. The topological polar surface area (TPSA) is 117 Å². The number of hydrogen-bond donors (Lipinski definition) is 1. The average Bonchev–Trinajstić information content (AvgIpc) is 3.90. The second-order valence-electron chi connectivity index (χ2n) is 15.1. The third-order valence-electron chi connectivity index (χ3n) is 9.97. The molecule has 3 aliphatic rings. The van der Waals surface area contributed by atoms with Crippen LogP contribution in [0.15, 0.2) is 57.9 Å². The van der Waals surface area contributed by atoms with Gasteiger partial charge in [-0.3, -0.25) is 9.69 Å². The van der Waals surface area contributed by atoms with Crippen LogP contribution in [0, 0.1) is 18.8 Å². The molecule has 3 aromatic rings. The Bertz CT molecular complexity index is 1860. The van der Waals surface area contributed by atoms with E-state index in [9.17, 15) is 14.4 Å². The first-order valence-electron chi connectivity index (χ1n) is 18.1. The number of fused-ring (bicyclic) bond motifs is 2. The van der Waals surface area contributed by atoms with Gasteiger partial charge in [-0.1, -0.05) is 60.2 Å². The van der Waals surface area contributed by atoms with Crippen LogP contribution >= 0.6 is 24.0 Å². The van der Waals surface area contributed by atoms with Crippen molar-refractivity contribution < 1.29 is 37.7 Å². The van der Waals surface area contributed by atoms with Crippen molar-refractivity contribution in [2.45, 2.75) is 90.3 Å². The number of ether oxygens (including phenoxy) is 4. The van der Waals surface area contributed by atoms with Crippen LogP contribution in [0.1, 0.15) is 75.3 Å². The fourth-order valence-corrected chi connectivity index (χ4v) is 8.75. The van der Waals surface area contributed by atoms with Gasteiger partial charge >= 0.3 is 12.1 Å². The summed E-state index contributed by atoms with van der Waals surface area (Å²) in [7, 11) is 3.18. The molecule has 0 radical (unpaired) electrons. The number of hydrogen-bond acceptors (Lipinski definition) is 10. The minimum atomic E-state index is -0.941. The van der Waals surface area contributed by atoms with Crippen LogP contribution in [-0.4, -0.2) is 65.7 Å². The van der Waals surface area contributed by atoms with Crippen molar-refractivity contribution in [3.05, 3.63) is 75.9 Å². The van der Waals surface area contributed by atoms with E-state index in [0.29, 0.717) is 56.9 Å². The third-order valence-corrected chi connectivity index (χ3v) is 11.3. The normalized spacial score (nSPS) is 20.9. The van der Waals surface area contributed by atoms with Crippen molar-refractivity contribution in [2.75, 3.05) is 20.8 Å². The molecular formula is C41H48N2O8S2. The van der Waals surface area contributed by atoms with E-state index in [-0.39, 0.29) is 25.0 Å². The monoisotopic (exact) mass is 760 g/mol. The van der Waals surface area contributed by atoms with Gasteiger partial charge in [0, 0.05) is 30.2 Å². The van der Waals surface area contributed by atoms with Crippen molar-refractivity contribution >= 4 is 52.3 Å². The third kappa shape index (κ3) is 9.45. The highest BCUT2D eigenvalue weighted by molar-refractivity contribution is 8.26. The maximum atomic E-state index is 13.8. The van der Waals surface area contributed by atoms with E-state index in [1.807, 2.05) is 54.3 Å². The van der Waals surface area contributed by atoms with E-state index in [4.69, 9.17) is 35.6 Å². The van der Waals surface area contributed by atoms with E-state index in [0.717, 1.165) is 35.1 Å². The van der Waals surface area contributed by atoms with E-state index < -0.39 is 23.7 Å². The number of benzene rings is 2. The molecule has 4 atom stereocenters. The molecule has 1 N–H and O–H groups in total. The van der Waals surface area contributed by atoms with Gasteiger partial charge < -0.3 is 28.7 Å². The number of rotatable bonds is 13. The summed E-state index contributed by atoms with van der Waals surface area (Å²) in [5, 5.41) is 2.70. The van der Waals surface area contributed by atoms with Gasteiger partial charge in [0.1, 0.15) is 39.0 Å². The molecule has 1 saturated heterocycles. The molecule has 3 fully saturated rings. The Balaban J connectivity index is 1.19. The lowest BCUT2D eigenvalue weighted by molar-refractivity contribution is -0.146. The Kier molecular flexibility index (Phi) is 11.9. The van der Waals surface area contributed by atoms with Gasteiger partial charge in [-0.25, -0.2) is 9.59 Å². The van der Waals surface area contributed by atoms with Crippen LogP contribution in [0.4, 0.5) is 4.79 Å². The van der Waals surface area contributed by atoms with E-state index >= 15 is 0 Å². The molecule has 10 nitrogen and oxygen atoms in total. The summed E-state index contributed by atoms with van der Waals surface area (Å²) in [4.78, 5) is 42.2. The summed E-state index contributed by atoms with van der Waals surface area (Å²) < 4.78 is 29.2. The van der Waals surface area contributed by atoms with Gasteiger partial charge in [0.05, 0.1) is 25.7 Å². The lowest BCUT2D eigenvalue weighted by atomic mass is 9.94. The van der Waals surface area contributed by atoms with E-state index in [1.165, 1.54) is 24.6 Å². The molecule has 2 saturated carbocycles. The van der Waals surface area contributed by atoms with Crippen LogP contribution in [0.2, 0.25) is 0 Å². The predicted molar refractivity (Wildman–Crippen MR) is 209 cm³/mol. The van der Waals surface area contributed by atoms with Gasteiger partial charge in [-0.05, 0) is 101 Å². The number of alkyl carbamates (subject to hydrolysis) is 1. The number of nitrogens with one attached hydrogen (secondary N) is 1. The smallest absolute Gasteiger partial charge is 0.408 e. The fourth-order valence-electron chi connectivity index (χ4n) is 7.40. The number of nitrogens with zero attached hydrogens (tertiary/aromatic N) is 1. The largest absolute Gasteiger partial charge is 0.497 e. The lowest BCUT2D eigenvalue weighted by Gasteiger charge is -2.30. The Labute approximate surface area is 320 Å². The van der Waals surface area contributed by atoms with Crippen molar-refractivity contribution in [1.82, 2.24) is 10.2 Å². The number of thioether (sulfide) groups is 1. The zero-order valence-electron chi connectivity index (χ0n) is 31.2. The summed E-state index contributed by atoms with van der Waals surface area (Å²) >= 11 is 7.07. The van der Waals surface area contributed by atoms with E-state index in [2.05, 4.69) is 5.32 Å². The SMILES string of the molecule is COc1cc(OC)cc(-c2cc(CCCOC(=O)[C@H](Cc3ccc(C)cc3)NC(=O)OC(C)(C)C)c(/C=C3\SC(=S)N(C4CC5CCC4C5)C3=O)o2)c1. The highest BCUT2D eigenvalue weighted by atomic mass is 32.2. The quantitative estimate of drug-likeness (QED) is 0.0790.